The van der Waals surface area contributed by atoms with Crippen LogP contribution in [0.25, 0.3) is 0 Å². The first-order valence-corrected chi connectivity index (χ1v) is 5.47. The lowest BCUT2D eigenvalue weighted by molar-refractivity contribution is -0.0793. The third-order valence-electron chi connectivity index (χ3n) is 2.70. The van der Waals surface area contributed by atoms with E-state index in [2.05, 4.69) is 13.8 Å². The summed E-state index contributed by atoms with van der Waals surface area (Å²) in [6, 6.07) is 0. The van der Waals surface area contributed by atoms with Crippen LogP contribution in [-0.4, -0.2) is 21.9 Å². The largest absolute Gasteiger partial charge is 0.390 e. The molecule has 0 aliphatic carbocycles. The van der Waals surface area contributed by atoms with Crippen LogP contribution in [0.1, 0.15) is 59.3 Å². The first-order valence-electron chi connectivity index (χ1n) is 5.47. The van der Waals surface area contributed by atoms with Gasteiger partial charge in [-0.25, -0.2) is 0 Å². The molecule has 0 aromatic heterocycles. The summed E-state index contributed by atoms with van der Waals surface area (Å²) in [5.41, 5.74) is -0.841. The van der Waals surface area contributed by atoms with E-state index < -0.39 is 11.7 Å². The lowest BCUT2D eigenvalue weighted by Crippen LogP contribution is -2.40. The Labute approximate surface area is 82.0 Å². The van der Waals surface area contributed by atoms with Gasteiger partial charge in [-0.15, -0.1) is 0 Å². The van der Waals surface area contributed by atoms with Crippen LogP contribution < -0.4 is 0 Å². The average Bonchev–Trinajstić information content (AvgIpc) is 2.11. The topological polar surface area (TPSA) is 40.5 Å². The SMILES string of the molecule is CCCCC(O)(CCCC)[C@H](C)O. The number of aliphatic hydroxyl groups is 2. The zero-order chi connectivity index (χ0) is 10.3. The van der Waals surface area contributed by atoms with Crippen LogP contribution in [0.2, 0.25) is 0 Å². The predicted molar refractivity (Wildman–Crippen MR) is 55.7 cm³/mol. The molecule has 0 unspecified atom stereocenters. The van der Waals surface area contributed by atoms with Gasteiger partial charge in [-0.2, -0.15) is 0 Å². The average molecular weight is 188 g/mol. The van der Waals surface area contributed by atoms with Gasteiger partial charge in [-0.3, -0.25) is 0 Å². The Balaban J connectivity index is 4.00. The molecule has 2 N–H and O–H groups in total. The summed E-state index contributed by atoms with van der Waals surface area (Å²) in [4.78, 5) is 0. The van der Waals surface area contributed by atoms with Gasteiger partial charge in [0.25, 0.3) is 0 Å². The maximum absolute atomic E-state index is 10.1. The van der Waals surface area contributed by atoms with Gasteiger partial charge >= 0.3 is 0 Å². The minimum Gasteiger partial charge on any atom is -0.390 e. The van der Waals surface area contributed by atoms with E-state index in [1.807, 2.05) is 0 Å². The first-order chi connectivity index (χ1) is 6.06. The zero-order valence-corrected chi connectivity index (χ0v) is 9.21. The van der Waals surface area contributed by atoms with Crippen molar-refractivity contribution in [2.45, 2.75) is 71.0 Å². The van der Waals surface area contributed by atoms with Gasteiger partial charge in [0.15, 0.2) is 0 Å². The zero-order valence-electron chi connectivity index (χ0n) is 9.21. The van der Waals surface area contributed by atoms with E-state index in [1.165, 1.54) is 0 Å². The lowest BCUT2D eigenvalue weighted by atomic mass is 9.86. The van der Waals surface area contributed by atoms with Crippen LogP contribution in [0.3, 0.4) is 0 Å². The molecule has 0 spiro atoms. The smallest absolute Gasteiger partial charge is 0.0902 e. The monoisotopic (exact) mass is 188 g/mol. The fraction of sp³-hybridized carbons (Fsp3) is 1.00. The molecule has 0 aliphatic heterocycles. The summed E-state index contributed by atoms with van der Waals surface area (Å²) in [6.07, 6.45) is 4.96. The van der Waals surface area contributed by atoms with E-state index in [4.69, 9.17) is 0 Å². The number of aliphatic hydroxyl groups excluding tert-OH is 1. The Hall–Kier alpha value is -0.0800. The minimum absolute atomic E-state index is 0.606. The molecule has 0 aromatic carbocycles. The quantitative estimate of drug-likeness (QED) is 0.644. The summed E-state index contributed by atoms with van der Waals surface area (Å²) >= 11 is 0. The van der Waals surface area contributed by atoms with Crippen LogP contribution in [0.5, 0.6) is 0 Å². The number of hydrogen-bond donors (Lipinski definition) is 2. The summed E-state index contributed by atoms with van der Waals surface area (Å²) in [5.74, 6) is 0. The summed E-state index contributed by atoms with van der Waals surface area (Å²) in [6.45, 7) is 5.88. The highest BCUT2D eigenvalue weighted by atomic mass is 16.3. The van der Waals surface area contributed by atoms with Gasteiger partial charge in [-0.1, -0.05) is 39.5 Å². The normalized spacial score (nSPS) is 14.5. The minimum atomic E-state index is -0.841. The molecule has 2 heteroatoms. The fourth-order valence-corrected chi connectivity index (χ4v) is 1.51. The summed E-state index contributed by atoms with van der Waals surface area (Å²) in [5, 5.41) is 19.6. The molecule has 2 nitrogen and oxygen atoms in total. The molecule has 0 fully saturated rings. The molecule has 80 valence electrons. The van der Waals surface area contributed by atoms with Crippen LogP contribution in [0.15, 0.2) is 0 Å². The highest BCUT2D eigenvalue weighted by molar-refractivity contribution is 4.83. The van der Waals surface area contributed by atoms with Crippen molar-refractivity contribution >= 4 is 0 Å². The fourth-order valence-electron chi connectivity index (χ4n) is 1.51. The lowest BCUT2D eigenvalue weighted by Gasteiger charge is -2.31. The predicted octanol–water partition coefficient (Wildman–Crippen LogP) is 2.48. The maximum atomic E-state index is 10.1. The Morgan fingerprint density at radius 3 is 1.69 bits per heavy atom. The van der Waals surface area contributed by atoms with E-state index in [9.17, 15) is 10.2 Å². The van der Waals surface area contributed by atoms with Gasteiger partial charge < -0.3 is 10.2 Å². The van der Waals surface area contributed by atoms with Crippen LogP contribution in [0, 0.1) is 0 Å². The third kappa shape index (κ3) is 4.63. The van der Waals surface area contributed by atoms with E-state index in [0.29, 0.717) is 0 Å². The van der Waals surface area contributed by atoms with Crippen LogP contribution in [-0.2, 0) is 0 Å². The van der Waals surface area contributed by atoms with E-state index in [-0.39, 0.29) is 0 Å². The Morgan fingerprint density at radius 2 is 1.46 bits per heavy atom. The van der Waals surface area contributed by atoms with E-state index in [1.54, 1.807) is 6.92 Å². The van der Waals surface area contributed by atoms with Crippen molar-refractivity contribution in [1.29, 1.82) is 0 Å². The molecule has 0 heterocycles. The molecule has 0 saturated heterocycles. The van der Waals surface area contributed by atoms with Crippen LogP contribution >= 0.6 is 0 Å². The van der Waals surface area contributed by atoms with Crippen molar-refractivity contribution in [2.24, 2.45) is 0 Å². The highest BCUT2D eigenvalue weighted by Crippen LogP contribution is 2.25. The molecule has 13 heavy (non-hydrogen) atoms. The van der Waals surface area contributed by atoms with Crippen molar-refractivity contribution in [3.8, 4) is 0 Å². The van der Waals surface area contributed by atoms with Crippen molar-refractivity contribution in [1.82, 2.24) is 0 Å². The van der Waals surface area contributed by atoms with Crippen molar-refractivity contribution in [3.63, 3.8) is 0 Å². The molecule has 0 aliphatic rings. The Morgan fingerprint density at radius 1 is 1.08 bits per heavy atom. The standard InChI is InChI=1S/C11H24O2/c1-4-6-8-11(13,10(3)12)9-7-5-2/h10,12-13H,4-9H2,1-3H3/t10-/m0/s1. The second-order valence-corrected chi connectivity index (χ2v) is 3.99. The molecule has 0 rings (SSSR count). The van der Waals surface area contributed by atoms with Gasteiger partial charge in [-0.05, 0) is 19.8 Å². The van der Waals surface area contributed by atoms with E-state index in [0.717, 1.165) is 38.5 Å². The molecule has 0 bridgehead atoms. The van der Waals surface area contributed by atoms with Crippen molar-refractivity contribution in [2.75, 3.05) is 0 Å². The second-order valence-electron chi connectivity index (χ2n) is 3.99. The number of rotatable bonds is 7. The highest BCUT2D eigenvalue weighted by Gasteiger charge is 2.30. The molecular weight excluding hydrogens is 164 g/mol. The van der Waals surface area contributed by atoms with Crippen LogP contribution in [0.4, 0.5) is 0 Å². The van der Waals surface area contributed by atoms with Gasteiger partial charge in [0, 0.05) is 0 Å². The molecule has 1 atom stereocenters. The molecule has 0 amide bonds. The maximum Gasteiger partial charge on any atom is 0.0902 e. The summed E-state index contributed by atoms with van der Waals surface area (Å²) in [7, 11) is 0. The Bertz CT molecular complexity index is 113. The Kier molecular flexibility index (Phi) is 6.35. The third-order valence-corrected chi connectivity index (χ3v) is 2.70. The first kappa shape index (κ1) is 12.9. The molecule has 0 saturated carbocycles. The number of hydrogen-bond acceptors (Lipinski definition) is 2. The van der Waals surface area contributed by atoms with Gasteiger partial charge in [0.2, 0.25) is 0 Å². The molecule has 0 radical (unpaired) electrons. The van der Waals surface area contributed by atoms with Crippen molar-refractivity contribution in [3.05, 3.63) is 0 Å². The van der Waals surface area contributed by atoms with Crippen molar-refractivity contribution < 1.29 is 10.2 Å². The van der Waals surface area contributed by atoms with E-state index >= 15 is 0 Å². The number of unbranched alkanes of at least 4 members (excludes halogenated alkanes) is 2. The molecular formula is C11H24O2. The van der Waals surface area contributed by atoms with Gasteiger partial charge in [0.05, 0.1) is 11.7 Å². The summed E-state index contributed by atoms with van der Waals surface area (Å²) < 4.78 is 0. The van der Waals surface area contributed by atoms with Gasteiger partial charge in [0.1, 0.15) is 0 Å². The second kappa shape index (κ2) is 6.39. The molecule has 0 aromatic rings.